The van der Waals surface area contributed by atoms with Gasteiger partial charge < -0.3 is 10.6 Å². The van der Waals surface area contributed by atoms with Gasteiger partial charge in [-0.3, -0.25) is 9.59 Å². The van der Waals surface area contributed by atoms with Gasteiger partial charge in [-0.25, -0.2) is 9.37 Å². The highest BCUT2D eigenvalue weighted by Gasteiger charge is 2.12. The molecule has 5 nitrogen and oxygen atoms in total. The van der Waals surface area contributed by atoms with E-state index in [9.17, 15) is 14.0 Å². The Morgan fingerprint density at radius 3 is 2.55 bits per heavy atom. The van der Waals surface area contributed by atoms with Crippen molar-refractivity contribution >= 4 is 46.4 Å². The van der Waals surface area contributed by atoms with E-state index in [0.717, 1.165) is 6.07 Å². The first kappa shape index (κ1) is 16.2. The van der Waals surface area contributed by atoms with Crippen LogP contribution >= 0.6 is 23.2 Å². The molecule has 0 unspecified atom stereocenters. The third-order valence-corrected chi connectivity index (χ3v) is 3.28. The number of hydrogen-bond acceptors (Lipinski definition) is 3. The van der Waals surface area contributed by atoms with Crippen LogP contribution in [0.2, 0.25) is 10.2 Å². The van der Waals surface area contributed by atoms with Crippen molar-refractivity contribution in [3.63, 3.8) is 0 Å². The molecule has 0 saturated heterocycles. The number of halogens is 3. The van der Waals surface area contributed by atoms with Gasteiger partial charge in [0.05, 0.1) is 16.3 Å². The number of pyridine rings is 1. The number of nitrogens with zero attached hydrogens (tertiary/aromatic N) is 1. The first-order chi connectivity index (χ1) is 10.4. The maximum absolute atomic E-state index is 13.7. The van der Waals surface area contributed by atoms with Crippen LogP contribution in [0.25, 0.3) is 0 Å². The van der Waals surface area contributed by atoms with Crippen molar-refractivity contribution in [2.45, 2.75) is 6.92 Å². The molecule has 0 aliphatic carbocycles. The van der Waals surface area contributed by atoms with E-state index in [1.807, 2.05) is 0 Å². The molecule has 2 aromatic rings. The van der Waals surface area contributed by atoms with Crippen LogP contribution in [0.4, 0.5) is 15.8 Å². The predicted octanol–water partition coefficient (Wildman–Crippen LogP) is 3.74. The lowest BCUT2D eigenvalue weighted by Crippen LogP contribution is -2.14. The van der Waals surface area contributed by atoms with E-state index in [2.05, 4.69) is 15.6 Å². The Morgan fingerprint density at radius 2 is 1.91 bits per heavy atom. The summed E-state index contributed by atoms with van der Waals surface area (Å²) in [7, 11) is 0. The van der Waals surface area contributed by atoms with Crippen LogP contribution in [0.3, 0.4) is 0 Å². The Labute approximate surface area is 135 Å². The molecular weight excluding hydrogens is 332 g/mol. The average molecular weight is 342 g/mol. The fourth-order valence-electron chi connectivity index (χ4n) is 1.64. The molecule has 0 radical (unpaired) electrons. The fourth-order valence-corrected chi connectivity index (χ4v) is 1.91. The first-order valence-corrected chi connectivity index (χ1v) is 6.82. The number of benzene rings is 1. The number of carbonyl (C=O) groups excluding carboxylic acids is 2. The molecule has 1 aromatic heterocycles. The molecular formula is C14H10Cl2FN3O2. The van der Waals surface area contributed by atoms with Gasteiger partial charge in [0.1, 0.15) is 11.0 Å². The fraction of sp³-hybridized carbons (Fsp3) is 0.0714. The molecule has 2 amide bonds. The van der Waals surface area contributed by atoms with Crippen molar-refractivity contribution in [1.82, 2.24) is 4.98 Å². The second kappa shape index (κ2) is 6.72. The number of aromatic nitrogens is 1. The summed E-state index contributed by atoms with van der Waals surface area (Å²) in [5.74, 6) is -1.56. The number of carbonyl (C=O) groups is 2. The van der Waals surface area contributed by atoms with Gasteiger partial charge in [-0.05, 0) is 24.3 Å². The third-order valence-electron chi connectivity index (χ3n) is 2.59. The molecule has 0 saturated carbocycles. The quantitative estimate of drug-likeness (QED) is 0.835. The summed E-state index contributed by atoms with van der Waals surface area (Å²) in [5.41, 5.74) is 0.400. The molecule has 1 heterocycles. The summed E-state index contributed by atoms with van der Waals surface area (Å²) >= 11 is 11.4. The minimum Gasteiger partial charge on any atom is -0.326 e. The van der Waals surface area contributed by atoms with Crippen LogP contribution in [0, 0.1) is 5.82 Å². The zero-order valence-electron chi connectivity index (χ0n) is 11.3. The zero-order chi connectivity index (χ0) is 16.3. The smallest absolute Gasteiger partial charge is 0.257 e. The maximum atomic E-state index is 13.7. The van der Waals surface area contributed by atoms with E-state index in [0.29, 0.717) is 5.69 Å². The summed E-state index contributed by atoms with van der Waals surface area (Å²) in [6, 6.07) is 5.14. The van der Waals surface area contributed by atoms with E-state index in [1.54, 1.807) is 0 Å². The molecule has 0 spiro atoms. The van der Waals surface area contributed by atoms with Gasteiger partial charge in [0, 0.05) is 18.8 Å². The van der Waals surface area contributed by atoms with Crippen LogP contribution in [0.15, 0.2) is 30.5 Å². The van der Waals surface area contributed by atoms with Crippen molar-refractivity contribution in [2.75, 3.05) is 10.6 Å². The van der Waals surface area contributed by atoms with Crippen LogP contribution in [0.5, 0.6) is 0 Å². The predicted molar refractivity (Wildman–Crippen MR) is 82.9 cm³/mol. The number of amides is 2. The monoisotopic (exact) mass is 341 g/mol. The summed E-state index contributed by atoms with van der Waals surface area (Å²) in [5, 5.41) is 5.05. The SMILES string of the molecule is CC(=O)Nc1ccc(F)c(NC(=O)c2cnc(Cl)c(Cl)c2)c1. The summed E-state index contributed by atoms with van der Waals surface area (Å²) in [6.07, 6.45) is 1.22. The minimum absolute atomic E-state index is 0.0667. The van der Waals surface area contributed by atoms with Gasteiger partial charge in [0.15, 0.2) is 0 Å². The molecule has 0 aliphatic heterocycles. The molecule has 114 valence electrons. The van der Waals surface area contributed by atoms with Crippen molar-refractivity contribution in [3.05, 3.63) is 52.0 Å². The normalized spacial score (nSPS) is 10.2. The number of anilines is 2. The molecule has 22 heavy (non-hydrogen) atoms. The van der Waals surface area contributed by atoms with E-state index in [4.69, 9.17) is 23.2 Å². The summed E-state index contributed by atoms with van der Waals surface area (Å²) in [6.45, 7) is 1.32. The van der Waals surface area contributed by atoms with Crippen LogP contribution < -0.4 is 10.6 Å². The first-order valence-electron chi connectivity index (χ1n) is 6.06. The molecule has 1 aromatic carbocycles. The van der Waals surface area contributed by atoms with Gasteiger partial charge in [-0.15, -0.1) is 0 Å². The Morgan fingerprint density at radius 1 is 1.18 bits per heavy atom. The van der Waals surface area contributed by atoms with E-state index >= 15 is 0 Å². The van der Waals surface area contributed by atoms with E-state index in [-0.39, 0.29) is 27.3 Å². The number of hydrogen-bond donors (Lipinski definition) is 2. The lowest BCUT2D eigenvalue weighted by molar-refractivity contribution is -0.114. The molecule has 0 aliphatic rings. The van der Waals surface area contributed by atoms with Crippen molar-refractivity contribution in [3.8, 4) is 0 Å². The van der Waals surface area contributed by atoms with Gasteiger partial charge in [0.2, 0.25) is 5.91 Å². The third kappa shape index (κ3) is 3.93. The number of rotatable bonds is 3. The van der Waals surface area contributed by atoms with Crippen molar-refractivity contribution in [1.29, 1.82) is 0 Å². The highest BCUT2D eigenvalue weighted by Crippen LogP contribution is 2.23. The molecule has 0 bridgehead atoms. The number of nitrogens with one attached hydrogen (secondary N) is 2. The zero-order valence-corrected chi connectivity index (χ0v) is 12.8. The van der Waals surface area contributed by atoms with Gasteiger partial charge in [-0.2, -0.15) is 0 Å². The molecule has 2 rings (SSSR count). The lowest BCUT2D eigenvalue weighted by atomic mass is 10.2. The summed E-state index contributed by atoms with van der Waals surface area (Å²) in [4.78, 5) is 26.8. The summed E-state index contributed by atoms with van der Waals surface area (Å²) < 4.78 is 13.7. The van der Waals surface area contributed by atoms with Crippen LogP contribution in [-0.2, 0) is 4.79 Å². The van der Waals surface area contributed by atoms with Crippen molar-refractivity contribution < 1.29 is 14.0 Å². The highest BCUT2D eigenvalue weighted by atomic mass is 35.5. The van der Waals surface area contributed by atoms with E-state index < -0.39 is 11.7 Å². The second-order valence-corrected chi connectivity index (χ2v) is 5.09. The van der Waals surface area contributed by atoms with E-state index in [1.165, 1.54) is 31.3 Å². The lowest BCUT2D eigenvalue weighted by Gasteiger charge is -2.09. The maximum Gasteiger partial charge on any atom is 0.257 e. The van der Waals surface area contributed by atoms with Gasteiger partial charge in [0.25, 0.3) is 5.91 Å². The second-order valence-electron chi connectivity index (χ2n) is 4.33. The topological polar surface area (TPSA) is 71.1 Å². The molecule has 0 fully saturated rings. The van der Waals surface area contributed by atoms with Gasteiger partial charge >= 0.3 is 0 Å². The standard InChI is InChI=1S/C14H10Cl2FN3O2/c1-7(21)19-9-2-3-11(17)12(5-9)20-14(22)8-4-10(15)13(16)18-6-8/h2-6H,1H3,(H,19,21)(H,20,22). The Bertz CT molecular complexity index is 753. The Balaban J connectivity index is 2.23. The molecule has 0 atom stereocenters. The average Bonchev–Trinajstić information content (AvgIpc) is 2.45. The Kier molecular flexibility index (Phi) is 4.95. The van der Waals surface area contributed by atoms with Crippen LogP contribution in [-0.4, -0.2) is 16.8 Å². The van der Waals surface area contributed by atoms with Crippen molar-refractivity contribution in [2.24, 2.45) is 0 Å². The minimum atomic E-state index is -0.643. The Hall–Kier alpha value is -2.18. The van der Waals surface area contributed by atoms with Gasteiger partial charge in [-0.1, -0.05) is 23.2 Å². The van der Waals surface area contributed by atoms with Crippen LogP contribution in [0.1, 0.15) is 17.3 Å². The molecule has 2 N–H and O–H groups in total. The largest absolute Gasteiger partial charge is 0.326 e. The molecule has 8 heteroatoms. The highest BCUT2D eigenvalue weighted by molar-refractivity contribution is 6.41.